The van der Waals surface area contributed by atoms with E-state index in [1.54, 1.807) is 24.3 Å². The maximum absolute atomic E-state index is 13.3. The molecule has 2 heterocycles. The Labute approximate surface area is 200 Å². The molecule has 0 spiro atoms. The Bertz CT molecular complexity index is 1770. The molecule has 5 aromatic rings. The van der Waals surface area contributed by atoms with Gasteiger partial charge >= 0.3 is 0 Å². The van der Waals surface area contributed by atoms with Crippen molar-refractivity contribution in [1.29, 1.82) is 0 Å². The normalized spacial score (nSPS) is 11.1. The van der Waals surface area contributed by atoms with Crippen LogP contribution in [0.3, 0.4) is 0 Å². The zero-order valence-electron chi connectivity index (χ0n) is 17.1. The van der Waals surface area contributed by atoms with Crippen LogP contribution in [0.4, 0.5) is 0 Å². The molecule has 0 unspecified atom stereocenters. The third-order valence-corrected chi connectivity index (χ3v) is 6.34. The van der Waals surface area contributed by atoms with Gasteiger partial charge in [0.2, 0.25) is 0 Å². The fourth-order valence-corrected chi connectivity index (χ4v) is 4.76. The van der Waals surface area contributed by atoms with Crippen LogP contribution in [0, 0.1) is 24.7 Å². The molecule has 0 fully saturated rings. The largest absolute Gasteiger partial charge is 0.268 e. The van der Waals surface area contributed by atoms with Crippen molar-refractivity contribution >= 4 is 44.7 Å². The molecule has 0 amide bonds. The van der Waals surface area contributed by atoms with Gasteiger partial charge in [-0.3, -0.25) is 19.2 Å². The van der Waals surface area contributed by atoms with Gasteiger partial charge in [-0.05, 0) is 36.4 Å². The molecular formula is C26H10Cl2N2O4. The highest BCUT2D eigenvalue weighted by Crippen LogP contribution is 2.34. The Morgan fingerprint density at radius 1 is 0.588 bits per heavy atom. The summed E-state index contributed by atoms with van der Waals surface area (Å²) in [6.07, 6.45) is 10.8. The van der Waals surface area contributed by atoms with Crippen LogP contribution in [-0.2, 0) is 0 Å². The second-order valence-electron chi connectivity index (χ2n) is 7.41. The summed E-state index contributed by atoms with van der Waals surface area (Å²) in [5.74, 6) is 4.87. The summed E-state index contributed by atoms with van der Waals surface area (Å²) in [4.78, 5) is 53.1. The highest BCUT2D eigenvalue weighted by atomic mass is 35.5. The molecule has 3 aromatic carbocycles. The lowest BCUT2D eigenvalue weighted by Crippen LogP contribution is -2.24. The molecule has 0 saturated carbocycles. The molecular weight excluding hydrogens is 475 g/mol. The molecule has 34 heavy (non-hydrogen) atoms. The first-order valence-corrected chi connectivity index (χ1v) is 10.5. The van der Waals surface area contributed by atoms with Gasteiger partial charge in [0.15, 0.2) is 0 Å². The van der Waals surface area contributed by atoms with Crippen molar-refractivity contribution in [2.75, 3.05) is 0 Å². The van der Waals surface area contributed by atoms with E-state index < -0.39 is 22.2 Å². The van der Waals surface area contributed by atoms with E-state index in [9.17, 15) is 19.2 Å². The van der Waals surface area contributed by atoms with Crippen LogP contribution in [0.2, 0.25) is 10.0 Å². The molecule has 2 aromatic heterocycles. The second kappa shape index (κ2) is 7.60. The third-order valence-electron chi connectivity index (χ3n) is 5.59. The third kappa shape index (κ3) is 2.80. The van der Waals surface area contributed by atoms with Crippen molar-refractivity contribution < 1.29 is 0 Å². The fourth-order valence-electron chi connectivity index (χ4n) is 4.06. The quantitative estimate of drug-likeness (QED) is 0.360. The minimum absolute atomic E-state index is 0.208. The number of benzene rings is 3. The van der Waals surface area contributed by atoms with Gasteiger partial charge in [-0.15, -0.1) is 12.8 Å². The van der Waals surface area contributed by atoms with Crippen molar-refractivity contribution in [3.8, 4) is 36.1 Å². The van der Waals surface area contributed by atoms with Crippen molar-refractivity contribution in [3.63, 3.8) is 0 Å². The van der Waals surface area contributed by atoms with E-state index in [0.717, 1.165) is 9.13 Å². The molecule has 162 valence electrons. The van der Waals surface area contributed by atoms with Crippen molar-refractivity contribution in [3.05, 3.63) is 111 Å². The van der Waals surface area contributed by atoms with Crippen LogP contribution in [0.15, 0.2) is 67.7 Å². The Morgan fingerprint density at radius 2 is 0.912 bits per heavy atom. The predicted octanol–water partition coefficient (Wildman–Crippen LogP) is 3.16. The molecule has 8 heteroatoms. The molecule has 0 aliphatic carbocycles. The van der Waals surface area contributed by atoms with Crippen LogP contribution in [0.1, 0.15) is 11.1 Å². The lowest BCUT2D eigenvalue weighted by Gasteiger charge is -2.01. The second-order valence-corrected chi connectivity index (χ2v) is 8.16. The monoisotopic (exact) mass is 484 g/mol. The summed E-state index contributed by atoms with van der Waals surface area (Å²) in [6, 6.07) is 12.5. The van der Waals surface area contributed by atoms with Crippen LogP contribution in [0.25, 0.3) is 32.9 Å². The number of terminal acetylenes is 2. The molecule has 0 radical (unpaired) electrons. The van der Waals surface area contributed by atoms with Gasteiger partial charge < -0.3 is 0 Å². The maximum atomic E-state index is 13.3. The average molecular weight is 485 g/mol. The van der Waals surface area contributed by atoms with E-state index in [-0.39, 0.29) is 43.0 Å². The summed E-state index contributed by atoms with van der Waals surface area (Å²) in [5, 5.41) is -1.64. The van der Waals surface area contributed by atoms with Gasteiger partial charge in [-0.25, -0.2) is 9.13 Å². The number of hydrogen-bond acceptors (Lipinski definition) is 4. The van der Waals surface area contributed by atoms with Crippen molar-refractivity contribution in [2.45, 2.75) is 0 Å². The van der Waals surface area contributed by atoms with Gasteiger partial charge in [-0.1, -0.05) is 47.2 Å². The summed E-state index contributed by atoms with van der Waals surface area (Å²) >= 11 is 13.0. The minimum atomic E-state index is -0.781. The smallest absolute Gasteiger partial charge is 0.267 e. The minimum Gasteiger partial charge on any atom is -0.268 e. The van der Waals surface area contributed by atoms with E-state index in [2.05, 4.69) is 11.8 Å². The Balaban J connectivity index is 1.94. The lowest BCUT2D eigenvalue weighted by molar-refractivity contribution is 0.987. The average Bonchev–Trinajstić information content (AvgIpc) is 3.27. The van der Waals surface area contributed by atoms with Crippen molar-refractivity contribution in [1.82, 2.24) is 9.13 Å². The summed E-state index contributed by atoms with van der Waals surface area (Å²) in [7, 11) is 0. The molecule has 0 bridgehead atoms. The predicted molar refractivity (Wildman–Crippen MR) is 133 cm³/mol. The van der Waals surface area contributed by atoms with Gasteiger partial charge in [0.05, 0.1) is 43.0 Å². The molecule has 0 aliphatic rings. The number of hydrogen-bond donors (Lipinski definition) is 0. The number of halogens is 2. The number of nitrogens with zero attached hydrogens (tertiary/aromatic N) is 2. The van der Waals surface area contributed by atoms with Gasteiger partial charge in [0, 0.05) is 11.1 Å². The van der Waals surface area contributed by atoms with Crippen LogP contribution < -0.4 is 22.2 Å². The Morgan fingerprint density at radius 3 is 1.21 bits per heavy atom. The van der Waals surface area contributed by atoms with Crippen molar-refractivity contribution in [2.24, 2.45) is 0 Å². The zero-order chi connectivity index (χ0) is 24.3. The highest BCUT2D eigenvalue weighted by molar-refractivity contribution is 6.47. The Kier molecular flexibility index (Phi) is 4.81. The first kappa shape index (κ1) is 21.5. The van der Waals surface area contributed by atoms with Crippen LogP contribution in [-0.4, -0.2) is 9.13 Å². The van der Waals surface area contributed by atoms with E-state index >= 15 is 0 Å². The summed E-state index contributed by atoms with van der Waals surface area (Å²) in [5.41, 5.74) is -1.81. The van der Waals surface area contributed by atoms with Crippen LogP contribution in [0.5, 0.6) is 0 Å². The Hall–Kier alpha value is -4.36. The van der Waals surface area contributed by atoms with E-state index in [0.29, 0.717) is 11.1 Å². The number of aromatic nitrogens is 2. The molecule has 0 aliphatic heterocycles. The summed E-state index contributed by atoms with van der Waals surface area (Å²) < 4.78 is 1.73. The van der Waals surface area contributed by atoms with E-state index in [4.69, 9.17) is 36.0 Å². The van der Waals surface area contributed by atoms with Gasteiger partial charge in [0.25, 0.3) is 22.2 Å². The highest BCUT2D eigenvalue weighted by Gasteiger charge is 2.28. The standard InChI is InChI=1S/C26H10Cl2N2O4/c1-3-13-7-5-9-15(11-13)29-23(31)17-18(24(29)32)22(28)20-19(21(17)27)25(33)30(26(20)34)16-10-6-8-14(4-2)12-16/h1-2,5-12H. The van der Waals surface area contributed by atoms with Crippen LogP contribution >= 0.6 is 23.2 Å². The number of rotatable bonds is 2. The maximum Gasteiger partial charge on any atom is 0.267 e. The first-order valence-electron chi connectivity index (χ1n) is 9.76. The molecule has 0 atom stereocenters. The molecule has 6 nitrogen and oxygen atoms in total. The van der Waals surface area contributed by atoms with E-state index in [1.807, 2.05) is 0 Å². The van der Waals surface area contributed by atoms with Gasteiger partial charge in [0.1, 0.15) is 0 Å². The molecule has 0 N–H and O–H groups in total. The number of fused-ring (bicyclic) bond motifs is 2. The lowest BCUT2D eigenvalue weighted by atomic mass is 10.1. The topological polar surface area (TPSA) is 78.1 Å². The zero-order valence-corrected chi connectivity index (χ0v) is 18.6. The summed E-state index contributed by atoms with van der Waals surface area (Å²) in [6.45, 7) is 0. The fraction of sp³-hybridized carbons (Fsp3) is 0. The first-order chi connectivity index (χ1) is 16.3. The molecule has 5 rings (SSSR count). The van der Waals surface area contributed by atoms with E-state index in [1.165, 1.54) is 24.3 Å². The van der Waals surface area contributed by atoms with Gasteiger partial charge in [-0.2, -0.15) is 0 Å². The SMILES string of the molecule is C#Cc1cccc(-n2c(=O)c3c(Cl)c4c(=O)n(-c5cccc(C#C)c5)c(=O)c4c(Cl)c3c2=O)c1. The molecule has 0 saturated heterocycles.